The summed E-state index contributed by atoms with van der Waals surface area (Å²) in [6, 6.07) is 21.0. The van der Waals surface area contributed by atoms with Gasteiger partial charge >= 0.3 is 0 Å². The van der Waals surface area contributed by atoms with Gasteiger partial charge in [0.2, 0.25) is 0 Å². The highest BCUT2D eigenvalue weighted by Gasteiger charge is 2.22. The van der Waals surface area contributed by atoms with Gasteiger partial charge in [-0.15, -0.1) is 11.3 Å². The highest BCUT2D eigenvalue weighted by molar-refractivity contribution is 9.10. The minimum atomic E-state index is -0.180. The van der Waals surface area contributed by atoms with E-state index in [4.69, 9.17) is 4.74 Å². The van der Waals surface area contributed by atoms with E-state index in [2.05, 4.69) is 25.9 Å². The molecule has 4 rings (SSSR count). The molecule has 2 aromatic carbocycles. The van der Waals surface area contributed by atoms with Crippen molar-refractivity contribution in [1.29, 1.82) is 0 Å². The summed E-state index contributed by atoms with van der Waals surface area (Å²) in [7, 11) is 1.63. The Hall–Kier alpha value is -3.03. The molecule has 0 fully saturated rings. The van der Waals surface area contributed by atoms with E-state index in [1.165, 1.54) is 11.3 Å². The van der Waals surface area contributed by atoms with Gasteiger partial charge in [-0.05, 0) is 48.5 Å². The van der Waals surface area contributed by atoms with Crippen LogP contribution < -0.4 is 9.64 Å². The summed E-state index contributed by atoms with van der Waals surface area (Å²) in [6.07, 6.45) is 1.72. The largest absolute Gasteiger partial charge is 0.496 e. The number of rotatable bonds is 6. The molecule has 4 aromatic rings. The van der Waals surface area contributed by atoms with Crippen molar-refractivity contribution in [1.82, 2.24) is 9.97 Å². The van der Waals surface area contributed by atoms with Crippen LogP contribution in [-0.4, -0.2) is 23.0 Å². The number of hydrogen-bond donors (Lipinski definition) is 0. The third-order valence-electron chi connectivity index (χ3n) is 4.49. The van der Waals surface area contributed by atoms with Gasteiger partial charge in [-0.3, -0.25) is 9.78 Å². The van der Waals surface area contributed by atoms with Gasteiger partial charge < -0.3 is 9.64 Å². The minimum absolute atomic E-state index is 0.180. The molecule has 2 aromatic heterocycles. The Bertz CT molecular complexity index is 1150. The van der Waals surface area contributed by atoms with Crippen LogP contribution in [0.15, 0.2) is 82.8 Å². The van der Waals surface area contributed by atoms with Crippen molar-refractivity contribution in [2.45, 2.75) is 6.54 Å². The summed E-state index contributed by atoms with van der Waals surface area (Å²) in [5.41, 5.74) is 2.83. The monoisotopic (exact) mass is 479 g/mol. The van der Waals surface area contributed by atoms with E-state index in [0.29, 0.717) is 12.2 Å². The zero-order valence-electron chi connectivity index (χ0n) is 16.2. The summed E-state index contributed by atoms with van der Waals surface area (Å²) in [5.74, 6) is 0.546. The lowest BCUT2D eigenvalue weighted by Gasteiger charge is -2.22. The van der Waals surface area contributed by atoms with Crippen molar-refractivity contribution >= 4 is 38.9 Å². The van der Waals surface area contributed by atoms with Crippen LogP contribution in [0.4, 0.5) is 5.69 Å². The van der Waals surface area contributed by atoms with Crippen LogP contribution in [-0.2, 0) is 6.54 Å². The van der Waals surface area contributed by atoms with Crippen LogP contribution in [0.3, 0.4) is 0 Å². The summed E-state index contributed by atoms with van der Waals surface area (Å²) < 4.78 is 6.38. The fraction of sp³-hybridized carbons (Fsp3) is 0.0870. The van der Waals surface area contributed by atoms with Gasteiger partial charge in [0.1, 0.15) is 16.5 Å². The number of para-hydroxylation sites is 1. The number of anilines is 1. The second-order valence-corrected chi connectivity index (χ2v) is 8.20. The maximum atomic E-state index is 13.4. The molecule has 0 aliphatic rings. The molecule has 0 atom stereocenters. The average Bonchev–Trinajstić information content (AvgIpc) is 3.28. The van der Waals surface area contributed by atoms with Crippen LogP contribution in [0.1, 0.15) is 16.2 Å². The first-order valence-corrected chi connectivity index (χ1v) is 10.9. The maximum Gasteiger partial charge on any atom is 0.278 e. The lowest BCUT2D eigenvalue weighted by molar-refractivity contribution is 0.0980. The molecule has 1 amide bonds. The van der Waals surface area contributed by atoms with E-state index in [0.717, 1.165) is 32.2 Å². The third kappa shape index (κ3) is 4.42. The number of methoxy groups -OCH3 is 1. The molecule has 2 heterocycles. The van der Waals surface area contributed by atoms with Crippen LogP contribution in [0.5, 0.6) is 5.75 Å². The molecule has 30 heavy (non-hydrogen) atoms. The molecule has 0 unspecified atom stereocenters. The highest BCUT2D eigenvalue weighted by atomic mass is 79.9. The van der Waals surface area contributed by atoms with Gasteiger partial charge in [-0.1, -0.05) is 34.1 Å². The van der Waals surface area contributed by atoms with Crippen LogP contribution in [0.25, 0.3) is 10.6 Å². The van der Waals surface area contributed by atoms with E-state index in [1.807, 2.05) is 66.7 Å². The maximum absolute atomic E-state index is 13.4. The Labute approximate surface area is 187 Å². The summed E-state index contributed by atoms with van der Waals surface area (Å²) in [6.45, 7) is 0.350. The van der Waals surface area contributed by atoms with Gasteiger partial charge in [0.05, 0.1) is 24.9 Å². The lowest BCUT2D eigenvalue weighted by atomic mass is 10.2. The van der Waals surface area contributed by atoms with Gasteiger partial charge in [0.15, 0.2) is 0 Å². The topological polar surface area (TPSA) is 55.3 Å². The first kappa shape index (κ1) is 20.3. The number of thiazole rings is 1. The summed E-state index contributed by atoms with van der Waals surface area (Å²) in [4.78, 5) is 24.1. The first-order valence-electron chi connectivity index (χ1n) is 9.22. The molecule has 0 spiro atoms. The van der Waals surface area contributed by atoms with Crippen molar-refractivity contribution in [3.05, 3.63) is 94.2 Å². The van der Waals surface area contributed by atoms with Gasteiger partial charge in [0, 0.05) is 21.7 Å². The zero-order valence-corrected chi connectivity index (χ0v) is 18.6. The molecule has 0 N–H and O–H groups in total. The van der Waals surface area contributed by atoms with Gasteiger partial charge in [0.25, 0.3) is 5.91 Å². The number of pyridine rings is 1. The van der Waals surface area contributed by atoms with Crippen LogP contribution >= 0.6 is 27.3 Å². The standard InChI is InChI=1S/C23H18BrN3O2S/c1-29-21-8-3-2-7-19(21)22-26-20(15-30-22)23(28)27(14-17-6-4-5-13-25-17)18-11-9-16(24)10-12-18/h2-13,15H,14H2,1H3. The minimum Gasteiger partial charge on any atom is -0.496 e. The van der Waals surface area contributed by atoms with Gasteiger partial charge in [-0.25, -0.2) is 4.98 Å². The Morgan fingerprint density at radius 1 is 1.07 bits per heavy atom. The predicted molar refractivity (Wildman–Crippen MR) is 123 cm³/mol. The molecule has 0 aliphatic carbocycles. The number of hydrogen-bond acceptors (Lipinski definition) is 5. The number of amides is 1. The highest BCUT2D eigenvalue weighted by Crippen LogP contribution is 2.32. The second kappa shape index (κ2) is 9.19. The number of carbonyl (C=O) groups is 1. The quantitative estimate of drug-likeness (QED) is 0.349. The molecular formula is C23H18BrN3O2S. The normalized spacial score (nSPS) is 10.6. The SMILES string of the molecule is COc1ccccc1-c1nc(C(=O)N(Cc2ccccn2)c2ccc(Br)cc2)cs1. The first-order chi connectivity index (χ1) is 14.7. The zero-order chi connectivity index (χ0) is 20.9. The molecule has 7 heteroatoms. The smallest absolute Gasteiger partial charge is 0.278 e. The van der Waals surface area contributed by atoms with E-state index in [9.17, 15) is 4.79 Å². The molecule has 150 valence electrons. The molecule has 0 saturated carbocycles. The Kier molecular flexibility index (Phi) is 6.21. The molecule has 0 aliphatic heterocycles. The molecule has 0 saturated heterocycles. The number of benzene rings is 2. The predicted octanol–water partition coefficient (Wildman–Crippen LogP) is 5.82. The van der Waals surface area contributed by atoms with Crippen molar-refractivity contribution < 1.29 is 9.53 Å². The summed E-state index contributed by atoms with van der Waals surface area (Å²) >= 11 is 4.87. The molecule has 0 bridgehead atoms. The third-order valence-corrected chi connectivity index (χ3v) is 5.89. The van der Waals surface area contributed by atoms with Crippen molar-refractivity contribution in [2.24, 2.45) is 0 Å². The van der Waals surface area contributed by atoms with Crippen molar-refractivity contribution in [3.8, 4) is 16.3 Å². The lowest BCUT2D eigenvalue weighted by Crippen LogP contribution is -2.31. The van der Waals surface area contributed by atoms with E-state index in [1.54, 1.807) is 23.6 Å². The number of ether oxygens (including phenoxy) is 1. The fourth-order valence-electron chi connectivity index (χ4n) is 3.01. The average molecular weight is 480 g/mol. The summed E-state index contributed by atoms with van der Waals surface area (Å²) in [5, 5.41) is 2.53. The number of halogens is 1. The van der Waals surface area contributed by atoms with Crippen molar-refractivity contribution in [3.63, 3.8) is 0 Å². The van der Waals surface area contributed by atoms with Gasteiger partial charge in [-0.2, -0.15) is 0 Å². The Balaban J connectivity index is 1.68. The van der Waals surface area contributed by atoms with Crippen LogP contribution in [0, 0.1) is 0 Å². The Morgan fingerprint density at radius 2 is 1.83 bits per heavy atom. The Morgan fingerprint density at radius 3 is 2.57 bits per heavy atom. The van der Waals surface area contributed by atoms with E-state index < -0.39 is 0 Å². The number of carbonyl (C=O) groups excluding carboxylic acids is 1. The van der Waals surface area contributed by atoms with Crippen molar-refractivity contribution in [2.75, 3.05) is 12.0 Å². The number of nitrogens with zero attached hydrogens (tertiary/aromatic N) is 3. The molecular weight excluding hydrogens is 462 g/mol. The fourth-order valence-corrected chi connectivity index (χ4v) is 4.10. The second-order valence-electron chi connectivity index (χ2n) is 6.43. The number of aromatic nitrogens is 2. The van der Waals surface area contributed by atoms with E-state index in [-0.39, 0.29) is 5.91 Å². The van der Waals surface area contributed by atoms with E-state index >= 15 is 0 Å². The molecule has 5 nitrogen and oxygen atoms in total. The molecule has 0 radical (unpaired) electrons. The van der Waals surface area contributed by atoms with Crippen LogP contribution in [0.2, 0.25) is 0 Å².